The minimum Gasteiger partial charge on any atom is -0.393 e. The third kappa shape index (κ3) is 8.45. The van der Waals surface area contributed by atoms with Gasteiger partial charge in [-0.05, 0) is 20.3 Å². The third-order valence-corrected chi connectivity index (χ3v) is 3.24. The Balaban J connectivity index is 3.95. The summed E-state index contributed by atoms with van der Waals surface area (Å²) >= 11 is 4.86. The van der Waals surface area contributed by atoms with E-state index >= 15 is 0 Å². The lowest BCUT2D eigenvalue weighted by molar-refractivity contribution is -0.132. The van der Waals surface area contributed by atoms with Gasteiger partial charge in [0, 0.05) is 25.4 Å². The molecule has 0 aliphatic rings. The minimum atomic E-state index is 0.225. The fraction of sp³-hybridized carbons (Fsp3) is 0.857. The lowest BCUT2D eigenvalue weighted by Gasteiger charge is -2.26. The van der Waals surface area contributed by atoms with Crippen molar-refractivity contribution in [3.8, 4) is 0 Å². The van der Waals surface area contributed by atoms with Gasteiger partial charge in [-0.1, -0.05) is 44.8 Å². The molecule has 3 nitrogen and oxygen atoms in total. The molecule has 0 aromatic carbocycles. The van der Waals surface area contributed by atoms with Crippen molar-refractivity contribution in [1.29, 1.82) is 0 Å². The van der Waals surface area contributed by atoms with Crippen LogP contribution in [0.15, 0.2) is 0 Å². The van der Waals surface area contributed by atoms with E-state index in [1.807, 2.05) is 18.7 Å². The molecule has 0 spiro atoms. The molecule has 0 bridgehead atoms. The fourth-order valence-electron chi connectivity index (χ4n) is 1.92. The van der Waals surface area contributed by atoms with E-state index in [1.165, 1.54) is 19.3 Å². The number of amides is 1. The van der Waals surface area contributed by atoms with Gasteiger partial charge in [-0.15, -0.1) is 0 Å². The van der Waals surface area contributed by atoms with E-state index < -0.39 is 0 Å². The van der Waals surface area contributed by atoms with Crippen LogP contribution in [-0.2, 0) is 4.79 Å². The first kappa shape index (κ1) is 17.4. The molecule has 0 saturated carbocycles. The lowest BCUT2D eigenvalue weighted by Crippen LogP contribution is -2.38. The third-order valence-electron chi connectivity index (χ3n) is 3.04. The molecule has 4 heteroatoms. The molecule has 106 valence electrons. The summed E-state index contributed by atoms with van der Waals surface area (Å²) in [5.74, 6) is 0.234. The fourth-order valence-corrected chi connectivity index (χ4v) is 2.02. The number of nitrogens with zero attached hydrogens (tertiary/aromatic N) is 1. The Labute approximate surface area is 117 Å². The number of unbranched alkanes of at least 4 members (excludes halogenated alkanes) is 4. The van der Waals surface area contributed by atoms with Crippen LogP contribution in [0.2, 0.25) is 0 Å². The molecule has 0 rings (SSSR count). The van der Waals surface area contributed by atoms with Crippen molar-refractivity contribution >= 4 is 23.1 Å². The van der Waals surface area contributed by atoms with E-state index in [9.17, 15) is 4.79 Å². The summed E-state index contributed by atoms with van der Waals surface area (Å²) in [6.45, 7) is 6.92. The summed E-state index contributed by atoms with van der Waals surface area (Å²) < 4.78 is 0. The monoisotopic (exact) mass is 272 g/mol. The largest absolute Gasteiger partial charge is 0.393 e. The van der Waals surface area contributed by atoms with Crippen LogP contribution in [0.5, 0.6) is 0 Å². The summed E-state index contributed by atoms with van der Waals surface area (Å²) in [5.41, 5.74) is 5.49. The first-order chi connectivity index (χ1) is 8.49. The van der Waals surface area contributed by atoms with Crippen LogP contribution in [0.3, 0.4) is 0 Å². The Morgan fingerprint density at radius 3 is 2.28 bits per heavy atom. The Bertz CT molecular complexity index is 254. The van der Waals surface area contributed by atoms with Crippen molar-refractivity contribution < 1.29 is 4.79 Å². The first-order valence-corrected chi connectivity index (χ1v) is 7.47. The van der Waals surface area contributed by atoms with Crippen LogP contribution in [0.25, 0.3) is 0 Å². The summed E-state index contributed by atoms with van der Waals surface area (Å²) in [7, 11) is 0. The lowest BCUT2D eigenvalue weighted by atomic mass is 10.1. The summed E-state index contributed by atoms with van der Waals surface area (Å²) in [6.07, 6.45) is 7.16. The Hall–Kier alpha value is -0.640. The van der Waals surface area contributed by atoms with Gasteiger partial charge in [0.05, 0.1) is 4.99 Å². The summed E-state index contributed by atoms with van der Waals surface area (Å²) in [5, 5.41) is 0. The van der Waals surface area contributed by atoms with Gasteiger partial charge < -0.3 is 10.6 Å². The SMILES string of the molecule is CCCCCCCC(=O)N(CCC(N)=S)C(C)C. The Morgan fingerprint density at radius 1 is 1.17 bits per heavy atom. The summed E-state index contributed by atoms with van der Waals surface area (Å²) in [4.78, 5) is 14.4. The number of thiocarbonyl (C=S) groups is 1. The topological polar surface area (TPSA) is 46.3 Å². The number of hydrogen-bond donors (Lipinski definition) is 1. The molecule has 18 heavy (non-hydrogen) atoms. The smallest absolute Gasteiger partial charge is 0.222 e. The van der Waals surface area contributed by atoms with E-state index in [4.69, 9.17) is 18.0 Å². The molecule has 0 aromatic heterocycles. The van der Waals surface area contributed by atoms with Crippen LogP contribution >= 0.6 is 12.2 Å². The van der Waals surface area contributed by atoms with E-state index in [2.05, 4.69) is 6.92 Å². The molecule has 1 amide bonds. The molecule has 0 unspecified atom stereocenters. The number of hydrogen-bond acceptors (Lipinski definition) is 2. The Kier molecular flexibility index (Phi) is 9.93. The number of nitrogens with two attached hydrogens (primary N) is 1. The zero-order chi connectivity index (χ0) is 14.0. The second-order valence-electron chi connectivity index (χ2n) is 5.06. The highest BCUT2D eigenvalue weighted by atomic mass is 32.1. The maximum Gasteiger partial charge on any atom is 0.222 e. The molecule has 0 fully saturated rings. The van der Waals surface area contributed by atoms with E-state index in [1.54, 1.807) is 0 Å². The van der Waals surface area contributed by atoms with Crippen molar-refractivity contribution in [2.75, 3.05) is 6.54 Å². The highest BCUT2D eigenvalue weighted by Crippen LogP contribution is 2.09. The molecule has 0 aliphatic heterocycles. The van der Waals surface area contributed by atoms with Gasteiger partial charge in [-0.2, -0.15) is 0 Å². The molecule has 0 radical (unpaired) electrons. The number of carbonyl (C=O) groups excluding carboxylic acids is 1. The van der Waals surface area contributed by atoms with Gasteiger partial charge in [0.1, 0.15) is 0 Å². The minimum absolute atomic E-state index is 0.225. The van der Waals surface area contributed by atoms with Crippen LogP contribution < -0.4 is 5.73 Å². The molecular formula is C14H28N2OS. The predicted molar refractivity (Wildman–Crippen MR) is 81.6 cm³/mol. The molecule has 0 atom stereocenters. The van der Waals surface area contributed by atoms with E-state index in [0.29, 0.717) is 24.4 Å². The van der Waals surface area contributed by atoms with Gasteiger partial charge >= 0.3 is 0 Å². The number of carbonyl (C=O) groups is 1. The van der Waals surface area contributed by atoms with Crippen molar-refractivity contribution in [2.24, 2.45) is 5.73 Å². The average Bonchev–Trinajstić information content (AvgIpc) is 2.28. The molecule has 0 saturated heterocycles. The standard InChI is InChI=1S/C14H28N2OS/c1-4-5-6-7-8-9-14(17)16(12(2)3)11-10-13(15)18/h12H,4-11H2,1-3H3,(H2,15,18). The van der Waals surface area contributed by atoms with Crippen molar-refractivity contribution in [2.45, 2.75) is 71.8 Å². The maximum atomic E-state index is 12.1. The second-order valence-corrected chi connectivity index (χ2v) is 5.59. The molecule has 0 aliphatic carbocycles. The van der Waals surface area contributed by atoms with E-state index in [-0.39, 0.29) is 11.9 Å². The van der Waals surface area contributed by atoms with Gasteiger partial charge in [0.2, 0.25) is 5.91 Å². The molecular weight excluding hydrogens is 244 g/mol. The van der Waals surface area contributed by atoms with E-state index in [0.717, 1.165) is 12.8 Å². The van der Waals surface area contributed by atoms with Gasteiger partial charge in [0.25, 0.3) is 0 Å². The first-order valence-electron chi connectivity index (χ1n) is 7.06. The highest BCUT2D eigenvalue weighted by Gasteiger charge is 2.16. The van der Waals surface area contributed by atoms with Gasteiger partial charge in [0.15, 0.2) is 0 Å². The van der Waals surface area contributed by atoms with Crippen LogP contribution in [0, 0.1) is 0 Å². The average molecular weight is 272 g/mol. The van der Waals surface area contributed by atoms with Crippen molar-refractivity contribution in [3.63, 3.8) is 0 Å². The van der Waals surface area contributed by atoms with Crippen LogP contribution in [-0.4, -0.2) is 28.4 Å². The highest BCUT2D eigenvalue weighted by molar-refractivity contribution is 7.80. The zero-order valence-corrected chi connectivity index (χ0v) is 12.9. The quantitative estimate of drug-likeness (QED) is 0.490. The molecule has 0 aromatic rings. The van der Waals surface area contributed by atoms with Gasteiger partial charge in [-0.3, -0.25) is 4.79 Å². The van der Waals surface area contributed by atoms with Crippen LogP contribution in [0.4, 0.5) is 0 Å². The van der Waals surface area contributed by atoms with Crippen LogP contribution in [0.1, 0.15) is 65.7 Å². The van der Waals surface area contributed by atoms with Gasteiger partial charge in [-0.25, -0.2) is 0 Å². The predicted octanol–water partition coefficient (Wildman–Crippen LogP) is 3.26. The second kappa shape index (κ2) is 10.3. The molecule has 0 heterocycles. The molecule has 2 N–H and O–H groups in total. The van der Waals surface area contributed by atoms with Crippen molar-refractivity contribution in [3.05, 3.63) is 0 Å². The van der Waals surface area contributed by atoms with Crippen molar-refractivity contribution in [1.82, 2.24) is 4.90 Å². The number of rotatable bonds is 10. The Morgan fingerprint density at radius 2 is 1.78 bits per heavy atom. The zero-order valence-electron chi connectivity index (χ0n) is 12.1. The summed E-state index contributed by atoms with van der Waals surface area (Å²) in [6, 6.07) is 0.225. The normalized spacial score (nSPS) is 10.7. The maximum absolute atomic E-state index is 12.1.